The van der Waals surface area contributed by atoms with Crippen LogP contribution >= 0.6 is 11.3 Å². The number of nitrogens with zero attached hydrogens (tertiary/aromatic N) is 2. The van der Waals surface area contributed by atoms with Gasteiger partial charge in [-0.3, -0.25) is 0 Å². The van der Waals surface area contributed by atoms with Gasteiger partial charge in [-0.05, 0) is 66.1 Å². The molecule has 1 aliphatic heterocycles. The minimum atomic E-state index is -0.959. The van der Waals surface area contributed by atoms with Crippen LogP contribution in [0, 0.1) is 5.82 Å². The molecule has 0 radical (unpaired) electrons. The third kappa shape index (κ3) is 4.21. The maximum atomic E-state index is 13.8. The largest absolute Gasteiger partial charge is 0.478 e. The lowest BCUT2D eigenvalue weighted by atomic mass is 9.95. The molecule has 36 heavy (non-hydrogen) atoms. The fourth-order valence-electron chi connectivity index (χ4n) is 4.61. The number of rotatable bonds is 4. The van der Waals surface area contributed by atoms with Crippen LogP contribution in [-0.2, 0) is 4.74 Å². The zero-order chi connectivity index (χ0) is 25.2. The molecule has 7 heteroatoms. The fraction of sp³-hybridized carbons (Fsp3) is 0.172. The molecule has 182 valence electrons. The van der Waals surface area contributed by atoms with Gasteiger partial charge in [0.2, 0.25) is 0 Å². The van der Waals surface area contributed by atoms with Crippen LogP contribution in [0.25, 0.3) is 43.5 Å². The molecule has 0 atom stereocenters. The van der Waals surface area contributed by atoms with Crippen LogP contribution in [0.3, 0.4) is 0 Å². The van der Waals surface area contributed by atoms with E-state index < -0.39 is 5.97 Å². The number of fused-ring (bicyclic) bond motifs is 2. The molecule has 0 aliphatic carbocycles. The SMILES string of the molecule is CC.O=C(O)c1ccc(-c2c(C3=CCOCC3)n(-c3ccc(F)cc3)c3cc4ncsc4cc23)cc1. The number of thiazole rings is 1. The normalized spacial score (nSPS) is 13.4. The van der Waals surface area contributed by atoms with Crippen LogP contribution in [0.2, 0.25) is 0 Å². The number of carboxylic acids is 1. The highest BCUT2D eigenvalue weighted by Gasteiger charge is 2.24. The molecule has 1 aliphatic rings. The first-order valence-corrected chi connectivity index (χ1v) is 12.8. The predicted molar refractivity (Wildman–Crippen MR) is 144 cm³/mol. The Morgan fingerprint density at radius 3 is 2.50 bits per heavy atom. The number of carboxylic acid groups (broad SMARTS) is 1. The van der Waals surface area contributed by atoms with E-state index in [1.165, 1.54) is 12.1 Å². The Labute approximate surface area is 212 Å². The van der Waals surface area contributed by atoms with E-state index in [1.807, 2.05) is 31.5 Å². The highest BCUT2D eigenvalue weighted by atomic mass is 32.1. The van der Waals surface area contributed by atoms with Crippen molar-refractivity contribution in [3.05, 3.63) is 89.3 Å². The molecule has 0 amide bonds. The summed E-state index contributed by atoms with van der Waals surface area (Å²) in [7, 11) is 0. The summed E-state index contributed by atoms with van der Waals surface area (Å²) < 4.78 is 22.6. The number of aromatic carboxylic acids is 1. The van der Waals surface area contributed by atoms with Crippen LogP contribution in [0.1, 0.15) is 36.3 Å². The summed E-state index contributed by atoms with van der Waals surface area (Å²) in [5, 5.41) is 10.4. The van der Waals surface area contributed by atoms with Gasteiger partial charge in [0.05, 0.1) is 45.7 Å². The van der Waals surface area contributed by atoms with Gasteiger partial charge in [0.15, 0.2) is 0 Å². The van der Waals surface area contributed by atoms with Crippen LogP contribution in [-0.4, -0.2) is 33.8 Å². The number of hydrogen-bond acceptors (Lipinski definition) is 4. The lowest BCUT2D eigenvalue weighted by Crippen LogP contribution is -2.08. The van der Waals surface area contributed by atoms with Gasteiger partial charge in [0.1, 0.15) is 5.82 Å². The Morgan fingerprint density at radius 2 is 1.83 bits per heavy atom. The number of aromatic nitrogens is 2. The van der Waals surface area contributed by atoms with Gasteiger partial charge < -0.3 is 14.4 Å². The second kappa shape index (κ2) is 10.0. The Bertz CT molecular complexity index is 1580. The average molecular weight is 501 g/mol. The van der Waals surface area contributed by atoms with Gasteiger partial charge in [-0.15, -0.1) is 11.3 Å². The first-order chi connectivity index (χ1) is 17.6. The summed E-state index contributed by atoms with van der Waals surface area (Å²) in [6.07, 6.45) is 2.83. The summed E-state index contributed by atoms with van der Waals surface area (Å²) in [5.74, 6) is -1.25. The van der Waals surface area contributed by atoms with E-state index in [9.17, 15) is 14.3 Å². The average Bonchev–Trinajstić information content (AvgIpc) is 3.51. The molecule has 2 aromatic heterocycles. The molecule has 3 heterocycles. The lowest BCUT2D eigenvalue weighted by Gasteiger charge is -2.19. The molecule has 5 nitrogen and oxygen atoms in total. The third-order valence-corrected chi connectivity index (χ3v) is 6.98. The van der Waals surface area contributed by atoms with Crippen molar-refractivity contribution in [3.63, 3.8) is 0 Å². The third-order valence-electron chi connectivity index (χ3n) is 6.19. The molecule has 5 aromatic rings. The van der Waals surface area contributed by atoms with Crippen molar-refractivity contribution in [1.82, 2.24) is 9.55 Å². The smallest absolute Gasteiger partial charge is 0.335 e. The van der Waals surface area contributed by atoms with Gasteiger partial charge in [0, 0.05) is 16.6 Å². The second-order valence-electron chi connectivity index (χ2n) is 8.16. The van der Waals surface area contributed by atoms with Crippen LogP contribution in [0.15, 0.2) is 72.3 Å². The maximum absolute atomic E-state index is 13.8. The van der Waals surface area contributed by atoms with Crippen molar-refractivity contribution in [2.45, 2.75) is 20.3 Å². The topological polar surface area (TPSA) is 64.3 Å². The van der Waals surface area contributed by atoms with E-state index in [1.54, 1.807) is 35.6 Å². The molecule has 0 fully saturated rings. The number of halogens is 1. The van der Waals surface area contributed by atoms with Crippen molar-refractivity contribution in [1.29, 1.82) is 0 Å². The van der Waals surface area contributed by atoms with Crippen LogP contribution in [0.4, 0.5) is 4.39 Å². The first kappa shape index (κ1) is 23.9. The second-order valence-corrected chi connectivity index (χ2v) is 9.05. The molecule has 1 N–H and O–H groups in total. The summed E-state index contributed by atoms with van der Waals surface area (Å²) in [5.41, 5.74) is 8.85. The minimum Gasteiger partial charge on any atom is -0.478 e. The lowest BCUT2D eigenvalue weighted by molar-refractivity contribution is 0.0697. The quantitative estimate of drug-likeness (QED) is 0.276. The van der Waals surface area contributed by atoms with E-state index >= 15 is 0 Å². The van der Waals surface area contributed by atoms with Gasteiger partial charge in [-0.2, -0.15) is 0 Å². The minimum absolute atomic E-state index is 0.239. The molecular formula is C29H25FN2O3S. The molecule has 0 saturated heterocycles. The summed E-state index contributed by atoms with van der Waals surface area (Å²) in [4.78, 5) is 16.0. The van der Waals surface area contributed by atoms with E-state index in [0.717, 1.165) is 55.6 Å². The molecule has 3 aromatic carbocycles. The van der Waals surface area contributed by atoms with Crippen molar-refractivity contribution in [3.8, 4) is 16.8 Å². The predicted octanol–water partition coefficient (Wildman–Crippen LogP) is 7.57. The monoisotopic (exact) mass is 500 g/mol. The van der Waals surface area contributed by atoms with Gasteiger partial charge in [-0.25, -0.2) is 14.2 Å². The summed E-state index contributed by atoms with van der Waals surface area (Å²) in [6, 6.07) is 17.7. The fourth-order valence-corrected chi connectivity index (χ4v) is 5.31. The van der Waals surface area contributed by atoms with Gasteiger partial charge >= 0.3 is 5.97 Å². The zero-order valence-corrected chi connectivity index (χ0v) is 20.8. The zero-order valence-electron chi connectivity index (χ0n) is 20.0. The first-order valence-electron chi connectivity index (χ1n) is 11.9. The molecule has 0 spiro atoms. The Balaban J connectivity index is 0.00000130. The van der Waals surface area contributed by atoms with E-state index in [0.29, 0.717) is 13.2 Å². The number of benzene rings is 3. The summed E-state index contributed by atoms with van der Waals surface area (Å²) in [6.45, 7) is 5.14. The molecular weight excluding hydrogens is 475 g/mol. The van der Waals surface area contributed by atoms with Crippen molar-refractivity contribution >= 4 is 44.0 Å². The molecule has 6 rings (SSSR count). The van der Waals surface area contributed by atoms with E-state index in [2.05, 4.69) is 27.8 Å². The highest BCUT2D eigenvalue weighted by Crippen LogP contribution is 2.43. The van der Waals surface area contributed by atoms with Crippen LogP contribution in [0.5, 0.6) is 0 Å². The molecule has 0 unspecified atom stereocenters. The molecule has 0 saturated carbocycles. The highest BCUT2D eigenvalue weighted by molar-refractivity contribution is 7.16. The Hall–Kier alpha value is -3.81. The van der Waals surface area contributed by atoms with Crippen molar-refractivity contribution < 1.29 is 19.0 Å². The van der Waals surface area contributed by atoms with Gasteiger partial charge in [0.25, 0.3) is 0 Å². The molecule has 0 bridgehead atoms. The number of hydrogen-bond donors (Lipinski definition) is 1. The Morgan fingerprint density at radius 1 is 1.08 bits per heavy atom. The van der Waals surface area contributed by atoms with E-state index in [4.69, 9.17) is 4.74 Å². The van der Waals surface area contributed by atoms with Crippen molar-refractivity contribution in [2.24, 2.45) is 0 Å². The number of carbonyl (C=O) groups is 1. The van der Waals surface area contributed by atoms with E-state index in [-0.39, 0.29) is 11.4 Å². The maximum Gasteiger partial charge on any atom is 0.335 e. The summed E-state index contributed by atoms with van der Waals surface area (Å²) >= 11 is 1.58. The standard InChI is InChI=1S/C27H19FN2O3S.C2H6/c28-19-5-7-20(8-6-19)30-23-14-22-24(34-15-29-22)13-21(23)25(26(30)17-9-11-33-12-10-17)16-1-3-18(4-2-16)27(31)32;1-2/h1-9,13-15H,10-12H2,(H,31,32);1-2H3. The van der Waals surface area contributed by atoms with Gasteiger partial charge in [-0.1, -0.05) is 32.1 Å². The van der Waals surface area contributed by atoms with Crippen molar-refractivity contribution in [2.75, 3.05) is 13.2 Å². The Kier molecular flexibility index (Phi) is 6.67. The van der Waals surface area contributed by atoms with Crippen LogP contribution < -0.4 is 0 Å². The number of ether oxygens (including phenoxy) is 1.